The Labute approximate surface area is 118 Å². The number of nitrogens with one attached hydrogen (secondary N) is 1. The van der Waals surface area contributed by atoms with Gasteiger partial charge in [-0.05, 0) is 41.8 Å². The van der Waals surface area contributed by atoms with Crippen LogP contribution < -0.4 is 0 Å². The summed E-state index contributed by atoms with van der Waals surface area (Å²) >= 11 is 0. The molecule has 1 N–H and O–H groups in total. The first-order chi connectivity index (χ1) is 10.0. The van der Waals surface area contributed by atoms with E-state index < -0.39 is 16.6 Å². The quantitative estimate of drug-likeness (QED) is 0.586. The van der Waals surface area contributed by atoms with Gasteiger partial charge in [-0.25, -0.2) is 8.78 Å². The zero-order valence-electron chi connectivity index (χ0n) is 10.8. The van der Waals surface area contributed by atoms with E-state index in [9.17, 15) is 18.9 Å². The predicted molar refractivity (Wildman–Crippen MR) is 74.1 cm³/mol. The van der Waals surface area contributed by atoms with E-state index in [0.717, 1.165) is 11.6 Å². The van der Waals surface area contributed by atoms with Crippen molar-refractivity contribution in [1.29, 1.82) is 0 Å². The highest BCUT2D eigenvalue weighted by Gasteiger charge is 2.14. The molecule has 0 aliphatic rings. The van der Waals surface area contributed by atoms with Crippen molar-refractivity contribution >= 4 is 16.6 Å². The Bertz CT molecular complexity index is 823. The number of fused-ring (bicyclic) bond motifs is 1. The van der Waals surface area contributed by atoms with Gasteiger partial charge in [0.05, 0.1) is 22.0 Å². The van der Waals surface area contributed by atoms with Crippen molar-refractivity contribution in [3.8, 4) is 0 Å². The van der Waals surface area contributed by atoms with Crippen molar-refractivity contribution in [2.24, 2.45) is 0 Å². The van der Waals surface area contributed by atoms with Crippen LogP contribution in [0.3, 0.4) is 0 Å². The van der Waals surface area contributed by atoms with E-state index in [1.807, 2.05) is 0 Å². The molecule has 0 aliphatic carbocycles. The van der Waals surface area contributed by atoms with E-state index in [0.29, 0.717) is 22.9 Å². The number of halogens is 2. The van der Waals surface area contributed by atoms with Crippen molar-refractivity contribution in [3.63, 3.8) is 0 Å². The van der Waals surface area contributed by atoms with Gasteiger partial charge in [-0.1, -0.05) is 6.07 Å². The molecule has 1 heterocycles. The van der Waals surface area contributed by atoms with Crippen LogP contribution >= 0.6 is 0 Å². The third-order valence-electron chi connectivity index (χ3n) is 3.25. The van der Waals surface area contributed by atoms with E-state index >= 15 is 0 Å². The molecule has 0 bridgehead atoms. The summed E-state index contributed by atoms with van der Waals surface area (Å²) in [5.74, 6) is -1.28. The predicted octanol–water partition coefficient (Wildman–Crippen LogP) is 3.95. The summed E-state index contributed by atoms with van der Waals surface area (Å²) in [5, 5.41) is 11.4. The first-order valence-corrected chi connectivity index (χ1v) is 6.22. The zero-order valence-corrected chi connectivity index (χ0v) is 10.8. The summed E-state index contributed by atoms with van der Waals surface area (Å²) in [6.07, 6.45) is 1.63. The van der Waals surface area contributed by atoms with E-state index in [1.54, 1.807) is 18.2 Å². The molecule has 0 atom stereocenters. The molecule has 4 nitrogen and oxygen atoms in total. The summed E-state index contributed by atoms with van der Waals surface area (Å²) < 4.78 is 26.3. The van der Waals surface area contributed by atoms with Crippen molar-refractivity contribution in [2.45, 2.75) is 6.42 Å². The number of hydrogen-bond acceptors (Lipinski definition) is 2. The molecule has 0 fully saturated rings. The first-order valence-electron chi connectivity index (χ1n) is 6.22. The number of aromatic amines is 1. The van der Waals surface area contributed by atoms with Crippen molar-refractivity contribution in [2.75, 3.05) is 0 Å². The molecule has 106 valence electrons. The molecule has 0 amide bonds. The third kappa shape index (κ3) is 2.60. The third-order valence-corrected chi connectivity index (χ3v) is 3.25. The molecule has 21 heavy (non-hydrogen) atoms. The van der Waals surface area contributed by atoms with Gasteiger partial charge in [-0.2, -0.15) is 0 Å². The number of nitrogens with zero attached hydrogens (tertiary/aromatic N) is 1. The molecule has 0 spiro atoms. The molecule has 0 saturated carbocycles. The second-order valence-electron chi connectivity index (χ2n) is 4.77. The van der Waals surface area contributed by atoms with Gasteiger partial charge in [0.2, 0.25) is 0 Å². The fraction of sp³-hybridized carbons (Fsp3) is 0.0667. The highest BCUT2D eigenvalue weighted by molar-refractivity contribution is 5.89. The van der Waals surface area contributed by atoms with Crippen LogP contribution in [0.4, 0.5) is 14.5 Å². The monoisotopic (exact) mass is 288 g/mol. The molecule has 2 aromatic carbocycles. The van der Waals surface area contributed by atoms with Gasteiger partial charge in [0.15, 0.2) is 0 Å². The van der Waals surface area contributed by atoms with Crippen LogP contribution in [0.15, 0.2) is 42.6 Å². The van der Waals surface area contributed by atoms with Gasteiger partial charge in [0.25, 0.3) is 5.69 Å². The lowest BCUT2D eigenvalue weighted by atomic mass is 10.0. The van der Waals surface area contributed by atoms with Gasteiger partial charge in [0, 0.05) is 6.07 Å². The van der Waals surface area contributed by atoms with E-state index in [4.69, 9.17) is 0 Å². The van der Waals surface area contributed by atoms with Crippen LogP contribution in [0.1, 0.15) is 11.1 Å². The minimum Gasteiger partial charge on any atom is -0.355 e. The van der Waals surface area contributed by atoms with Gasteiger partial charge in [-0.3, -0.25) is 10.1 Å². The van der Waals surface area contributed by atoms with Gasteiger partial charge >= 0.3 is 0 Å². The Balaban J connectivity index is 2.00. The Morgan fingerprint density at radius 2 is 1.76 bits per heavy atom. The van der Waals surface area contributed by atoms with Crippen LogP contribution in [0, 0.1) is 21.7 Å². The molecule has 0 unspecified atom stereocenters. The summed E-state index contributed by atoms with van der Waals surface area (Å²) in [4.78, 5) is 13.3. The number of nitro groups is 1. The first kappa shape index (κ1) is 13.2. The zero-order chi connectivity index (χ0) is 15.0. The molecule has 3 rings (SSSR count). The Morgan fingerprint density at radius 3 is 2.43 bits per heavy atom. The number of H-pyrrole nitrogens is 1. The summed E-state index contributed by atoms with van der Waals surface area (Å²) in [7, 11) is 0. The van der Waals surface area contributed by atoms with Gasteiger partial charge in [-0.15, -0.1) is 0 Å². The molecule has 0 aliphatic heterocycles. The normalized spacial score (nSPS) is 11.0. The summed E-state index contributed by atoms with van der Waals surface area (Å²) in [5.41, 5.74) is 1.85. The molecular weight excluding hydrogens is 278 g/mol. The maximum absolute atomic E-state index is 13.2. The molecule has 0 saturated heterocycles. The molecule has 0 radical (unpaired) electrons. The smallest absolute Gasteiger partial charge is 0.294 e. The lowest BCUT2D eigenvalue weighted by Gasteiger charge is -2.03. The molecule has 3 aromatic rings. The average molecular weight is 288 g/mol. The standard InChI is InChI=1S/C15H10F2N2O2/c16-11-4-10(5-12(17)7-11)3-9-1-2-14-13(6-9)15(8-18-14)19(20)21/h1-2,4-8,18H,3H2. The summed E-state index contributed by atoms with van der Waals surface area (Å²) in [6.45, 7) is 0. The van der Waals surface area contributed by atoms with E-state index in [-0.39, 0.29) is 5.69 Å². The maximum atomic E-state index is 13.2. The number of benzene rings is 2. The topological polar surface area (TPSA) is 58.9 Å². The molecule has 1 aromatic heterocycles. The minimum absolute atomic E-state index is 0.0164. The average Bonchev–Trinajstić information content (AvgIpc) is 2.80. The molecule has 6 heteroatoms. The molecular formula is C15H10F2N2O2. The largest absolute Gasteiger partial charge is 0.355 e. The van der Waals surface area contributed by atoms with Gasteiger partial charge < -0.3 is 4.98 Å². The van der Waals surface area contributed by atoms with Crippen molar-refractivity contribution < 1.29 is 13.7 Å². The fourth-order valence-corrected chi connectivity index (χ4v) is 2.36. The Morgan fingerprint density at radius 1 is 1.05 bits per heavy atom. The number of rotatable bonds is 3. The lowest BCUT2D eigenvalue weighted by Crippen LogP contribution is -1.92. The highest BCUT2D eigenvalue weighted by atomic mass is 19.1. The maximum Gasteiger partial charge on any atom is 0.294 e. The Hall–Kier alpha value is -2.76. The van der Waals surface area contributed by atoms with Crippen LogP contribution in [0.5, 0.6) is 0 Å². The van der Waals surface area contributed by atoms with Gasteiger partial charge in [0.1, 0.15) is 11.6 Å². The van der Waals surface area contributed by atoms with Crippen molar-refractivity contribution in [3.05, 3.63) is 75.5 Å². The van der Waals surface area contributed by atoms with E-state index in [2.05, 4.69) is 4.98 Å². The highest BCUT2D eigenvalue weighted by Crippen LogP contribution is 2.27. The second-order valence-corrected chi connectivity index (χ2v) is 4.77. The lowest BCUT2D eigenvalue weighted by molar-refractivity contribution is -0.383. The Kier molecular flexibility index (Phi) is 3.13. The minimum atomic E-state index is -0.640. The van der Waals surface area contributed by atoms with Crippen molar-refractivity contribution in [1.82, 2.24) is 4.98 Å². The second kappa shape index (κ2) is 4.97. The van der Waals surface area contributed by atoms with Crippen LogP contribution in [0.2, 0.25) is 0 Å². The van der Waals surface area contributed by atoms with Crippen LogP contribution in [-0.4, -0.2) is 9.91 Å². The SMILES string of the molecule is O=[N+]([O-])c1c[nH]c2ccc(Cc3cc(F)cc(F)c3)cc12. The number of hydrogen-bond donors (Lipinski definition) is 1. The van der Waals surface area contributed by atoms with Crippen LogP contribution in [-0.2, 0) is 6.42 Å². The fourth-order valence-electron chi connectivity index (χ4n) is 2.36. The van der Waals surface area contributed by atoms with Crippen LogP contribution in [0.25, 0.3) is 10.9 Å². The summed E-state index contributed by atoms with van der Waals surface area (Å²) in [6, 6.07) is 8.45. The van der Waals surface area contributed by atoms with E-state index in [1.165, 1.54) is 18.3 Å². The number of aromatic nitrogens is 1.